The molecule has 1 aromatic carbocycles. The average Bonchev–Trinajstić information content (AvgIpc) is 2.80. The summed E-state index contributed by atoms with van der Waals surface area (Å²) in [6, 6.07) is 10.2. The van der Waals surface area contributed by atoms with Gasteiger partial charge in [0, 0.05) is 5.56 Å². The first-order chi connectivity index (χ1) is 9.19. The molecule has 0 bridgehead atoms. The predicted molar refractivity (Wildman–Crippen MR) is 73.6 cm³/mol. The molecule has 5 nitrogen and oxygen atoms in total. The molecule has 0 saturated carbocycles. The summed E-state index contributed by atoms with van der Waals surface area (Å²) in [6.07, 6.45) is 0. The lowest BCUT2D eigenvalue weighted by Crippen LogP contribution is -2.05. The smallest absolute Gasteiger partial charge is 0.177 e. The van der Waals surface area contributed by atoms with Crippen LogP contribution in [0.2, 0.25) is 0 Å². The van der Waals surface area contributed by atoms with Crippen molar-refractivity contribution >= 4 is 5.65 Å². The van der Waals surface area contributed by atoms with E-state index in [2.05, 4.69) is 47.3 Å². The van der Waals surface area contributed by atoms with E-state index < -0.39 is 0 Å². The van der Waals surface area contributed by atoms with Gasteiger partial charge in [0.1, 0.15) is 0 Å². The van der Waals surface area contributed by atoms with Gasteiger partial charge in [-0.25, -0.2) is 0 Å². The van der Waals surface area contributed by atoms with Crippen LogP contribution in [0.1, 0.15) is 17.0 Å². The third-order valence-electron chi connectivity index (χ3n) is 3.17. The minimum absolute atomic E-state index is 0.324. The second kappa shape index (κ2) is 4.44. The SMILES string of the molecule is Cc1ccc(-c2ccc3nnc(CN)n3n2)c(C)c1. The molecule has 0 radical (unpaired) electrons. The lowest BCUT2D eigenvalue weighted by atomic mass is 10.0. The van der Waals surface area contributed by atoms with Crippen LogP contribution in [0.25, 0.3) is 16.9 Å². The highest BCUT2D eigenvalue weighted by molar-refractivity contribution is 5.64. The molecule has 0 aliphatic heterocycles. The van der Waals surface area contributed by atoms with Gasteiger partial charge in [-0.05, 0) is 31.5 Å². The first-order valence-corrected chi connectivity index (χ1v) is 6.18. The van der Waals surface area contributed by atoms with Crippen LogP contribution in [0.15, 0.2) is 30.3 Å². The zero-order valence-corrected chi connectivity index (χ0v) is 11.0. The number of nitrogens with two attached hydrogens (primary N) is 1. The zero-order valence-electron chi connectivity index (χ0n) is 11.0. The van der Waals surface area contributed by atoms with Gasteiger partial charge in [0.15, 0.2) is 11.5 Å². The van der Waals surface area contributed by atoms with Gasteiger partial charge < -0.3 is 5.73 Å². The maximum Gasteiger partial charge on any atom is 0.177 e. The highest BCUT2D eigenvalue weighted by Crippen LogP contribution is 2.22. The summed E-state index contributed by atoms with van der Waals surface area (Å²) >= 11 is 0. The van der Waals surface area contributed by atoms with Crippen molar-refractivity contribution in [2.45, 2.75) is 20.4 Å². The molecule has 0 amide bonds. The molecule has 5 heteroatoms. The van der Waals surface area contributed by atoms with Crippen molar-refractivity contribution in [2.24, 2.45) is 5.73 Å². The zero-order chi connectivity index (χ0) is 13.4. The Morgan fingerprint density at radius 2 is 1.95 bits per heavy atom. The fourth-order valence-electron chi connectivity index (χ4n) is 2.21. The summed E-state index contributed by atoms with van der Waals surface area (Å²) in [6.45, 7) is 4.49. The van der Waals surface area contributed by atoms with E-state index in [1.54, 1.807) is 4.52 Å². The van der Waals surface area contributed by atoms with E-state index in [1.165, 1.54) is 11.1 Å². The largest absolute Gasteiger partial charge is 0.324 e. The standard InChI is InChI=1S/C14H15N5/c1-9-3-4-11(10(2)7-9)12-5-6-13-16-17-14(8-15)19(13)18-12/h3-7H,8,15H2,1-2H3. The molecule has 0 saturated heterocycles. The van der Waals surface area contributed by atoms with E-state index in [-0.39, 0.29) is 0 Å². The van der Waals surface area contributed by atoms with Gasteiger partial charge in [0.25, 0.3) is 0 Å². The molecule has 96 valence electrons. The number of fused-ring (bicyclic) bond motifs is 1. The highest BCUT2D eigenvalue weighted by atomic mass is 15.4. The molecule has 0 aliphatic carbocycles. The monoisotopic (exact) mass is 253 g/mol. The van der Waals surface area contributed by atoms with E-state index >= 15 is 0 Å². The molecular weight excluding hydrogens is 238 g/mol. The van der Waals surface area contributed by atoms with Crippen LogP contribution in [0.4, 0.5) is 0 Å². The first-order valence-electron chi connectivity index (χ1n) is 6.18. The van der Waals surface area contributed by atoms with E-state index in [4.69, 9.17) is 5.73 Å². The normalized spacial score (nSPS) is 11.1. The molecule has 0 fully saturated rings. The van der Waals surface area contributed by atoms with Gasteiger partial charge in [-0.15, -0.1) is 10.2 Å². The number of hydrogen-bond donors (Lipinski definition) is 1. The van der Waals surface area contributed by atoms with Gasteiger partial charge in [0.2, 0.25) is 0 Å². The predicted octanol–water partition coefficient (Wildman–Crippen LogP) is 1.87. The topological polar surface area (TPSA) is 69.1 Å². The lowest BCUT2D eigenvalue weighted by Gasteiger charge is -2.07. The summed E-state index contributed by atoms with van der Waals surface area (Å²) in [5, 5.41) is 12.6. The molecule has 3 aromatic rings. The second-order valence-corrected chi connectivity index (χ2v) is 4.63. The van der Waals surface area contributed by atoms with Gasteiger partial charge in [-0.2, -0.15) is 9.61 Å². The first kappa shape index (κ1) is 11.8. The Morgan fingerprint density at radius 1 is 1.11 bits per heavy atom. The van der Waals surface area contributed by atoms with Crippen LogP contribution >= 0.6 is 0 Å². The molecule has 0 spiro atoms. The molecule has 2 N–H and O–H groups in total. The van der Waals surface area contributed by atoms with Crippen LogP contribution in [0, 0.1) is 13.8 Å². The Labute approximate surface area is 111 Å². The molecule has 0 unspecified atom stereocenters. The Balaban J connectivity index is 2.19. The van der Waals surface area contributed by atoms with Gasteiger partial charge in [-0.3, -0.25) is 0 Å². The number of hydrogen-bond acceptors (Lipinski definition) is 4. The van der Waals surface area contributed by atoms with Crippen molar-refractivity contribution in [1.82, 2.24) is 19.8 Å². The molecule has 0 aliphatic rings. The van der Waals surface area contributed by atoms with Crippen LogP contribution in [-0.2, 0) is 6.54 Å². The summed E-state index contributed by atoms with van der Waals surface area (Å²) in [4.78, 5) is 0. The Hall–Kier alpha value is -2.27. The van der Waals surface area contributed by atoms with E-state index in [0.717, 1.165) is 11.3 Å². The maximum atomic E-state index is 5.64. The van der Waals surface area contributed by atoms with Crippen molar-refractivity contribution in [3.05, 3.63) is 47.3 Å². The molecule has 2 heterocycles. The van der Waals surface area contributed by atoms with Crippen molar-refractivity contribution in [3.8, 4) is 11.3 Å². The average molecular weight is 253 g/mol. The maximum absolute atomic E-state index is 5.64. The summed E-state index contributed by atoms with van der Waals surface area (Å²) in [5.41, 5.74) is 10.8. The Kier molecular flexibility index (Phi) is 2.76. The summed E-state index contributed by atoms with van der Waals surface area (Å²) in [7, 11) is 0. The van der Waals surface area contributed by atoms with Crippen molar-refractivity contribution in [2.75, 3.05) is 0 Å². The van der Waals surface area contributed by atoms with E-state index in [0.29, 0.717) is 18.0 Å². The Morgan fingerprint density at radius 3 is 2.68 bits per heavy atom. The summed E-state index contributed by atoms with van der Waals surface area (Å²) < 4.78 is 1.70. The lowest BCUT2D eigenvalue weighted by molar-refractivity contribution is 0.811. The fraction of sp³-hybridized carbons (Fsp3) is 0.214. The highest BCUT2D eigenvalue weighted by Gasteiger charge is 2.08. The van der Waals surface area contributed by atoms with Crippen molar-refractivity contribution in [3.63, 3.8) is 0 Å². The van der Waals surface area contributed by atoms with Crippen LogP contribution in [0.5, 0.6) is 0 Å². The molecule has 2 aromatic heterocycles. The van der Waals surface area contributed by atoms with Gasteiger partial charge in [0.05, 0.1) is 12.2 Å². The second-order valence-electron chi connectivity index (χ2n) is 4.63. The molecule has 19 heavy (non-hydrogen) atoms. The molecule has 0 atom stereocenters. The van der Waals surface area contributed by atoms with Gasteiger partial charge >= 0.3 is 0 Å². The summed E-state index contributed by atoms with van der Waals surface area (Å²) in [5.74, 6) is 0.668. The Bertz CT molecular complexity index is 745. The number of aryl methyl sites for hydroxylation is 2. The van der Waals surface area contributed by atoms with Crippen LogP contribution in [0.3, 0.4) is 0 Å². The fourth-order valence-corrected chi connectivity index (χ4v) is 2.21. The van der Waals surface area contributed by atoms with Crippen LogP contribution < -0.4 is 5.73 Å². The number of rotatable bonds is 2. The van der Waals surface area contributed by atoms with E-state index in [1.807, 2.05) is 12.1 Å². The van der Waals surface area contributed by atoms with Crippen molar-refractivity contribution in [1.29, 1.82) is 0 Å². The van der Waals surface area contributed by atoms with Gasteiger partial charge in [-0.1, -0.05) is 23.8 Å². The van der Waals surface area contributed by atoms with Crippen LogP contribution in [-0.4, -0.2) is 19.8 Å². The van der Waals surface area contributed by atoms with Crippen molar-refractivity contribution < 1.29 is 0 Å². The molecular formula is C14H15N5. The molecule has 3 rings (SSSR count). The minimum Gasteiger partial charge on any atom is -0.324 e. The number of aromatic nitrogens is 4. The number of nitrogens with zero attached hydrogens (tertiary/aromatic N) is 4. The third kappa shape index (κ3) is 1.98. The third-order valence-corrected chi connectivity index (χ3v) is 3.17. The number of benzene rings is 1. The minimum atomic E-state index is 0.324. The quantitative estimate of drug-likeness (QED) is 0.757. The van der Waals surface area contributed by atoms with E-state index in [9.17, 15) is 0 Å².